The van der Waals surface area contributed by atoms with Gasteiger partial charge in [-0.25, -0.2) is 4.79 Å². The molecule has 174 valence electrons. The van der Waals surface area contributed by atoms with E-state index in [1.54, 1.807) is 7.11 Å². The first-order valence-corrected chi connectivity index (χ1v) is 11.8. The van der Waals surface area contributed by atoms with Gasteiger partial charge in [0, 0.05) is 18.5 Å². The van der Waals surface area contributed by atoms with E-state index in [1.807, 2.05) is 12.1 Å². The second-order valence-electron chi connectivity index (χ2n) is 8.67. The van der Waals surface area contributed by atoms with Crippen molar-refractivity contribution in [1.29, 1.82) is 0 Å². The molecule has 0 bridgehead atoms. The van der Waals surface area contributed by atoms with Crippen LogP contribution in [0.4, 0.5) is 0 Å². The Kier molecular flexibility index (Phi) is 5.89. The Morgan fingerprint density at radius 3 is 2.76 bits per heavy atom. The normalized spacial score (nSPS) is 21.6. The van der Waals surface area contributed by atoms with E-state index in [2.05, 4.69) is 16.4 Å². The number of halogens is 2. The fraction of sp³-hybridized carbons (Fsp3) is 0.417. The van der Waals surface area contributed by atoms with Crippen molar-refractivity contribution in [2.24, 2.45) is 5.92 Å². The fourth-order valence-corrected chi connectivity index (χ4v) is 6.22. The summed E-state index contributed by atoms with van der Waals surface area (Å²) in [4.78, 5) is 28.7. The third kappa shape index (κ3) is 3.63. The molecule has 2 aromatic carbocycles. The van der Waals surface area contributed by atoms with Crippen molar-refractivity contribution in [3.8, 4) is 11.5 Å². The molecule has 3 aromatic rings. The first-order valence-electron chi connectivity index (χ1n) is 11.0. The Bertz CT molecular complexity index is 1350. The maximum Gasteiger partial charge on any atom is 0.328 e. The summed E-state index contributed by atoms with van der Waals surface area (Å²) in [6.45, 7) is 1.21. The van der Waals surface area contributed by atoms with Gasteiger partial charge in [0.1, 0.15) is 10.8 Å². The molecule has 0 amide bonds. The zero-order valence-electron chi connectivity index (χ0n) is 18.4. The zero-order chi connectivity index (χ0) is 23.3. The van der Waals surface area contributed by atoms with Gasteiger partial charge in [-0.05, 0) is 55.0 Å². The molecule has 1 fully saturated rings. The zero-order valence-corrected chi connectivity index (χ0v) is 19.9. The molecule has 0 saturated carbocycles. The van der Waals surface area contributed by atoms with E-state index in [9.17, 15) is 9.59 Å². The lowest BCUT2D eigenvalue weighted by Gasteiger charge is -2.32. The Morgan fingerprint density at radius 2 is 2.00 bits per heavy atom. The minimum Gasteiger partial charge on any atom is -0.496 e. The van der Waals surface area contributed by atoms with E-state index >= 15 is 0 Å². The predicted octanol–water partition coefficient (Wildman–Crippen LogP) is 3.72. The molecular weight excluding hydrogens is 465 g/mol. The molecule has 2 heterocycles. The highest BCUT2D eigenvalue weighted by molar-refractivity contribution is 6.40. The fourth-order valence-electron chi connectivity index (χ4n) is 5.56. The van der Waals surface area contributed by atoms with E-state index in [0.29, 0.717) is 18.3 Å². The van der Waals surface area contributed by atoms with Crippen molar-refractivity contribution < 1.29 is 9.47 Å². The number of benzene rings is 2. The molecular formula is C24H25Cl2N3O4. The summed E-state index contributed by atoms with van der Waals surface area (Å²) in [5, 5.41) is 4.23. The summed E-state index contributed by atoms with van der Waals surface area (Å²) in [6.07, 6.45) is 2.74. The van der Waals surface area contributed by atoms with Crippen LogP contribution >= 0.6 is 23.2 Å². The van der Waals surface area contributed by atoms with Crippen molar-refractivity contribution in [1.82, 2.24) is 14.9 Å². The Hall–Kier alpha value is -2.48. The molecule has 9 heteroatoms. The van der Waals surface area contributed by atoms with Gasteiger partial charge in [-0.2, -0.15) is 0 Å². The molecule has 0 spiro atoms. The van der Waals surface area contributed by atoms with Crippen LogP contribution in [-0.4, -0.2) is 36.4 Å². The molecule has 1 aliphatic carbocycles. The average molecular weight is 490 g/mol. The van der Waals surface area contributed by atoms with E-state index in [4.69, 9.17) is 32.7 Å². The highest BCUT2D eigenvalue weighted by Gasteiger charge is 2.40. The maximum atomic E-state index is 13.2. The Balaban J connectivity index is 1.47. The standard InChI is InChI=1S/C24H25Cl2N3O4/c1-32-18-5-3-4-14-13(18)7-6-12-11-27-17(19(12)14)8-9-29-23(30)15-10-16(25)22(33-2)20(26)21(15)28-24(29)31/h3-5,10,12,17,19,27H,6-9,11H2,1-2H3,(H,28,31)/t12-,17?,19+/m0/s1. The van der Waals surface area contributed by atoms with Crippen molar-refractivity contribution in [3.05, 3.63) is 66.3 Å². The monoisotopic (exact) mass is 489 g/mol. The number of nitrogens with one attached hydrogen (secondary N) is 2. The van der Waals surface area contributed by atoms with E-state index in [0.717, 1.165) is 25.1 Å². The summed E-state index contributed by atoms with van der Waals surface area (Å²) >= 11 is 12.6. The lowest BCUT2D eigenvalue weighted by molar-refractivity contribution is 0.371. The summed E-state index contributed by atoms with van der Waals surface area (Å²) in [7, 11) is 3.14. The van der Waals surface area contributed by atoms with Crippen LogP contribution in [-0.2, 0) is 13.0 Å². The summed E-state index contributed by atoms with van der Waals surface area (Å²) in [5.74, 6) is 2.02. The van der Waals surface area contributed by atoms with Crippen molar-refractivity contribution in [2.75, 3.05) is 20.8 Å². The van der Waals surface area contributed by atoms with Gasteiger partial charge in [-0.15, -0.1) is 0 Å². The minimum atomic E-state index is -0.501. The predicted molar refractivity (Wildman–Crippen MR) is 129 cm³/mol. The minimum absolute atomic E-state index is 0.120. The number of nitrogens with zero attached hydrogens (tertiary/aromatic N) is 1. The third-order valence-corrected chi connectivity index (χ3v) is 7.74. The van der Waals surface area contributed by atoms with Gasteiger partial charge < -0.3 is 19.8 Å². The van der Waals surface area contributed by atoms with Crippen LogP contribution in [0, 0.1) is 5.92 Å². The van der Waals surface area contributed by atoms with Crippen LogP contribution in [0.25, 0.3) is 10.9 Å². The number of ether oxygens (including phenoxy) is 2. The van der Waals surface area contributed by atoms with Gasteiger partial charge in [0.2, 0.25) is 0 Å². The molecule has 33 heavy (non-hydrogen) atoms. The van der Waals surface area contributed by atoms with Crippen LogP contribution in [0.15, 0.2) is 33.9 Å². The second-order valence-corrected chi connectivity index (χ2v) is 9.46. The largest absolute Gasteiger partial charge is 0.496 e. The van der Waals surface area contributed by atoms with Gasteiger partial charge >= 0.3 is 5.69 Å². The highest BCUT2D eigenvalue weighted by Crippen LogP contribution is 2.45. The number of aromatic amines is 1. The summed E-state index contributed by atoms with van der Waals surface area (Å²) in [6, 6.07) is 7.88. The van der Waals surface area contributed by atoms with Crippen LogP contribution in [0.3, 0.4) is 0 Å². The molecule has 5 rings (SSSR count). The Labute approximate surface area is 200 Å². The van der Waals surface area contributed by atoms with Crippen LogP contribution in [0.5, 0.6) is 11.5 Å². The number of methoxy groups -OCH3 is 2. The smallest absolute Gasteiger partial charge is 0.328 e. The van der Waals surface area contributed by atoms with Gasteiger partial charge in [0.05, 0.1) is 30.1 Å². The van der Waals surface area contributed by atoms with Gasteiger partial charge in [-0.1, -0.05) is 35.3 Å². The molecule has 0 radical (unpaired) electrons. The summed E-state index contributed by atoms with van der Waals surface area (Å²) < 4.78 is 12.0. The first-order chi connectivity index (χ1) is 15.9. The number of H-pyrrole nitrogens is 1. The highest BCUT2D eigenvalue weighted by atomic mass is 35.5. The van der Waals surface area contributed by atoms with E-state index in [-0.39, 0.29) is 39.3 Å². The number of hydrogen-bond acceptors (Lipinski definition) is 5. The van der Waals surface area contributed by atoms with Gasteiger partial charge in [0.25, 0.3) is 5.56 Å². The molecule has 2 aliphatic rings. The number of fused-ring (bicyclic) bond motifs is 4. The first kappa shape index (κ1) is 22.3. The summed E-state index contributed by atoms with van der Waals surface area (Å²) in [5.41, 5.74) is 1.90. The molecule has 1 aromatic heterocycles. The van der Waals surface area contributed by atoms with Gasteiger partial charge in [-0.3, -0.25) is 9.36 Å². The van der Waals surface area contributed by atoms with Crippen LogP contribution in [0.1, 0.15) is 29.9 Å². The number of rotatable bonds is 5. The molecule has 2 N–H and O–H groups in total. The molecule has 3 atom stereocenters. The van der Waals surface area contributed by atoms with Crippen molar-refractivity contribution >= 4 is 34.1 Å². The number of aromatic nitrogens is 2. The van der Waals surface area contributed by atoms with Crippen molar-refractivity contribution in [2.45, 2.75) is 37.8 Å². The van der Waals surface area contributed by atoms with E-state index < -0.39 is 11.2 Å². The average Bonchev–Trinajstić information content (AvgIpc) is 3.23. The lowest BCUT2D eigenvalue weighted by atomic mass is 9.73. The molecule has 1 saturated heterocycles. The second kappa shape index (κ2) is 8.70. The van der Waals surface area contributed by atoms with E-state index in [1.165, 1.54) is 28.9 Å². The lowest BCUT2D eigenvalue weighted by Crippen LogP contribution is -2.38. The molecule has 7 nitrogen and oxygen atoms in total. The quantitative estimate of drug-likeness (QED) is 0.570. The van der Waals surface area contributed by atoms with Crippen LogP contribution in [0.2, 0.25) is 10.0 Å². The topological polar surface area (TPSA) is 85.3 Å². The third-order valence-electron chi connectivity index (χ3n) is 7.09. The maximum absolute atomic E-state index is 13.2. The van der Waals surface area contributed by atoms with Crippen LogP contribution < -0.4 is 26.0 Å². The van der Waals surface area contributed by atoms with Crippen molar-refractivity contribution in [3.63, 3.8) is 0 Å². The molecule has 1 unspecified atom stereocenters. The van der Waals surface area contributed by atoms with Gasteiger partial charge in [0.15, 0.2) is 5.75 Å². The molecule has 1 aliphatic heterocycles. The number of hydrogen-bond donors (Lipinski definition) is 2. The Morgan fingerprint density at radius 1 is 1.18 bits per heavy atom. The SMILES string of the molecule is COc1cccc2c1CC[C@H]1CNC(CCn3c(=O)[nH]c4c(Cl)c(OC)c(Cl)cc4c3=O)[C@@H]21.